The summed E-state index contributed by atoms with van der Waals surface area (Å²) in [6.45, 7) is 4.35. The molecule has 0 saturated carbocycles. The van der Waals surface area contributed by atoms with Gasteiger partial charge in [-0.25, -0.2) is 0 Å². The van der Waals surface area contributed by atoms with Crippen molar-refractivity contribution in [3.63, 3.8) is 0 Å². The smallest absolute Gasteiger partial charge is 0.0698 e. The van der Waals surface area contributed by atoms with Gasteiger partial charge in [0.25, 0.3) is 0 Å². The number of likely N-dealkylation sites (N-methyl/N-ethyl adjacent to an activating group) is 1. The van der Waals surface area contributed by atoms with Crippen LogP contribution in [0.4, 0.5) is 0 Å². The fourth-order valence-electron chi connectivity index (χ4n) is 2.69. The Morgan fingerprint density at radius 3 is 2.68 bits per heavy atom. The average Bonchev–Trinajstić information content (AvgIpc) is 2.47. The lowest BCUT2D eigenvalue weighted by atomic mass is 10.1. The fourth-order valence-corrected chi connectivity index (χ4v) is 2.69. The Hall–Kier alpha value is -0.900. The minimum Gasteiger partial charge on any atom is -0.380 e. The van der Waals surface area contributed by atoms with Gasteiger partial charge in [0, 0.05) is 20.2 Å². The summed E-state index contributed by atoms with van der Waals surface area (Å²) in [6, 6.07) is 9.04. The van der Waals surface area contributed by atoms with Crippen LogP contribution in [-0.2, 0) is 17.7 Å². The molecule has 1 fully saturated rings. The summed E-state index contributed by atoms with van der Waals surface area (Å²) in [5.41, 5.74) is 2.82. The summed E-state index contributed by atoms with van der Waals surface area (Å²) < 4.78 is 5.47. The molecule has 0 radical (unpaired) electrons. The minimum atomic E-state index is 0.420. The Morgan fingerprint density at radius 1 is 1.26 bits per heavy atom. The largest absolute Gasteiger partial charge is 0.380 e. The van der Waals surface area contributed by atoms with Gasteiger partial charge in [0.2, 0.25) is 0 Å². The van der Waals surface area contributed by atoms with Gasteiger partial charge in [-0.15, -0.1) is 0 Å². The third kappa shape index (κ3) is 4.60. The van der Waals surface area contributed by atoms with E-state index in [1.165, 1.54) is 30.5 Å². The van der Waals surface area contributed by atoms with Gasteiger partial charge in [-0.2, -0.15) is 0 Å². The van der Waals surface area contributed by atoms with Crippen LogP contribution < -0.4 is 5.32 Å². The van der Waals surface area contributed by atoms with E-state index in [9.17, 15) is 0 Å². The van der Waals surface area contributed by atoms with Gasteiger partial charge >= 0.3 is 0 Å². The zero-order valence-corrected chi connectivity index (χ0v) is 12.2. The van der Waals surface area contributed by atoms with E-state index in [-0.39, 0.29) is 0 Å². The molecule has 0 amide bonds. The van der Waals surface area contributed by atoms with Crippen molar-refractivity contribution in [3.05, 3.63) is 35.4 Å². The van der Waals surface area contributed by atoms with Gasteiger partial charge in [-0.05, 0) is 50.5 Å². The Morgan fingerprint density at radius 2 is 2.00 bits per heavy atom. The normalized spacial score (nSPS) is 20.6. The van der Waals surface area contributed by atoms with Crippen molar-refractivity contribution in [1.29, 1.82) is 0 Å². The van der Waals surface area contributed by atoms with Crippen molar-refractivity contribution >= 4 is 0 Å². The second-order valence-electron chi connectivity index (χ2n) is 5.41. The maximum absolute atomic E-state index is 5.47. The topological polar surface area (TPSA) is 24.5 Å². The molecule has 0 bridgehead atoms. The number of methoxy groups -OCH3 is 1. The Kier molecular flexibility index (Phi) is 5.83. The molecule has 106 valence electrons. The van der Waals surface area contributed by atoms with Gasteiger partial charge in [0.05, 0.1) is 6.10 Å². The molecule has 1 atom stereocenters. The van der Waals surface area contributed by atoms with Crippen LogP contribution >= 0.6 is 0 Å². The third-order valence-electron chi connectivity index (χ3n) is 3.89. The molecule has 1 aromatic rings. The van der Waals surface area contributed by atoms with Crippen LogP contribution in [0.1, 0.15) is 24.0 Å². The monoisotopic (exact) mass is 262 g/mol. The summed E-state index contributed by atoms with van der Waals surface area (Å²) in [5, 5.41) is 3.19. The number of rotatable bonds is 6. The highest BCUT2D eigenvalue weighted by atomic mass is 16.5. The first-order valence-corrected chi connectivity index (χ1v) is 7.29. The van der Waals surface area contributed by atoms with Gasteiger partial charge in [-0.3, -0.25) is 4.90 Å². The zero-order valence-electron chi connectivity index (χ0n) is 12.2. The maximum atomic E-state index is 5.47. The highest BCUT2D eigenvalue weighted by molar-refractivity contribution is 5.22. The molecule has 1 heterocycles. The zero-order chi connectivity index (χ0) is 13.5. The van der Waals surface area contributed by atoms with Gasteiger partial charge in [0.15, 0.2) is 0 Å². The Bertz CT molecular complexity index is 364. The summed E-state index contributed by atoms with van der Waals surface area (Å²) in [4.78, 5) is 2.50. The summed E-state index contributed by atoms with van der Waals surface area (Å²) >= 11 is 0. The summed E-state index contributed by atoms with van der Waals surface area (Å²) in [7, 11) is 3.82. The van der Waals surface area contributed by atoms with E-state index in [4.69, 9.17) is 4.74 Å². The first-order chi connectivity index (χ1) is 9.31. The summed E-state index contributed by atoms with van der Waals surface area (Å²) in [6.07, 6.45) is 3.98. The molecule has 0 spiro atoms. The predicted molar refractivity (Wildman–Crippen MR) is 79.4 cm³/mol. The van der Waals surface area contributed by atoms with Crippen LogP contribution in [0.15, 0.2) is 24.3 Å². The van der Waals surface area contributed by atoms with Gasteiger partial charge in [0.1, 0.15) is 0 Å². The number of hydrogen-bond donors (Lipinski definition) is 1. The van der Waals surface area contributed by atoms with Crippen molar-refractivity contribution in [2.75, 3.05) is 33.8 Å². The maximum Gasteiger partial charge on any atom is 0.0698 e. The van der Waals surface area contributed by atoms with Crippen molar-refractivity contribution in [2.24, 2.45) is 0 Å². The van der Waals surface area contributed by atoms with Crippen molar-refractivity contribution in [3.8, 4) is 0 Å². The van der Waals surface area contributed by atoms with Crippen LogP contribution in [0, 0.1) is 0 Å². The fraction of sp³-hybridized carbons (Fsp3) is 0.625. The third-order valence-corrected chi connectivity index (χ3v) is 3.89. The van der Waals surface area contributed by atoms with Crippen molar-refractivity contribution in [2.45, 2.75) is 31.9 Å². The van der Waals surface area contributed by atoms with E-state index < -0.39 is 0 Å². The molecule has 1 saturated heterocycles. The van der Waals surface area contributed by atoms with E-state index >= 15 is 0 Å². The molecule has 1 aliphatic rings. The molecule has 1 aromatic carbocycles. The number of nitrogens with zero attached hydrogens (tertiary/aromatic N) is 1. The average molecular weight is 262 g/mol. The number of nitrogens with one attached hydrogen (secondary N) is 1. The second kappa shape index (κ2) is 7.63. The Labute approximate surface area is 116 Å². The van der Waals surface area contributed by atoms with E-state index in [0.29, 0.717) is 6.10 Å². The molecule has 3 nitrogen and oxygen atoms in total. The molecule has 3 heteroatoms. The van der Waals surface area contributed by atoms with E-state index in [2.05, 4.69) is 34.5 Å². The van der Waals surface area contributed by atoms with E-state index in [0.717, 1.165) is 26.1 Å². The number of piperidine rings is 1. The van der Waals surface area contributed by atoms with Crippen molar-refractivity contribution < 1.29 is 4.74 Å². The molecule has 19 heavy (non-hydrogen) atoms. The molecule has 1 unspecified atom stereocenters. The number of hydrogen-bond acceptors (Lipinski definition) is 3. The molecule has 1 aliphatic heterocycles. The quantitative estimate of drug-likeness (QED) is 0.849. The van der Waals surface area contributed by atoms with Gasteiger partial charge < -0.3 is 10.1 Å². The van der Waals surface area contributed by atoms with Crippen LogP contribution in [0.3, 0.4) is 0 Å². The molecule has 0 aromatic heterocycles. The molecule has 2 rings (SSSR count). The van der Waals surface area contributed by atoms with Crippen LogP contribution in [-0.4, -0.2) is 44.8 Å². The highest BCUT2D eigenvalue weighted by Crippen LogP contribution is 2.16. The molecular formula is C16H26N2O. The second-order valence-corrected chi connectivity index (χ2v) is 5.41. The highest BCUT2D eigenvalue weighted by Gasteiger charge is 2.19. The molecule has 1 N–H and O–H groups in total. The number of benzene rings is 1. The van der Waals surface area contributed by atoms with Crippen molar-refractivity contribution in [1.82, 2.24) is 10.2 Å². The standard InChI is InChI=1S/C16H26N2O/c1-17-10-9-14-5-7-15(8-6-14)12-18-11-3-4-16(13-18)19-2/h5-8,16-17H,3-4,9-13H2,1-2H3. The lowest BCUT2D eigenvalue weighted by molar-refractivity contribution is 0.0285. The van der Waals surface area contributed by atoms with E-state index in [1.54, 1.807) is 0 Å². The van der Waals surface area contributed by atoms with Crippen LogP contribution in [0.25, 0.3) is 0 Å². The number of ether oxygens (including phenoxy) is 1. The van der Waals surface area contributed by atoms with Gasteiger partial charge in [-0.1, -0.05) is 24.3 Å². The number of likely N-dealkylation sites (tertiary alicyclic amines) is 1. The Balaban J connectivity index is 1.85. The minimum absolute atomic E-state index is 0.420. The lowest BCUT2D eigenvalue weighted by Gasteiger charge is -2.31. The van der Waals surface area contributed by atoms with E-state index in [1.807, 2.05) is 14.2 Å². The molecular weight excluding hydrogens is 236 g/mol. The molecule has 0 aliphatic carbocycles. The predicted octanol–water partition coefficient (Wildman–Crippen LogP) is 2.06. The van der Waals surface area contributed by atoms with Crippen LogP contribution in [0.2, 0.25) is 0 Å². The van der Waals surface area contributed by atoms with Crippen LogP contribution in [0.5, 0.6) is 0 Å². The first-order valence-electron chi connectivity index (χ1n) is 7.29. The summed E-state index contributed by atoms with van der Waals surface area (Å²) in [5.74, 6) is 0. The SMILES string of the molecule is CNCCc1ccc(CN2CCCC(OC)C2)cc1. The first kappa shape index (κ1) is 14.5. The lowest BCUT2D eigenvalue weighted by Crippen LogP contribution is -2.38.